The van der Waals surface area contributed by atoms with E-state index in [0.29, 0.717) is 12.6 Å². The van der Waals surface area contributed by atoms with E-state index in [1.54, 1.807) is 7.11 Å². The van der Waals surface area contributed by atoms with Gasteiger partial charge in [-0.25, -0.2) is 4.98 Å². The number of hydrogen-bond donors (Lipinski definition) is 1. The third kappa shape index (κ3) is 4.27. The van der Waals surface area contributed by atoms with Gasteiger partial charge in [0, 0.05) is 38.5 Å². The zero-order valence-corrected chi connectivity index (χ0v) is 11.9. The normalized spacial score (nSPS) is 12.4. The quantitative estimate of drug-likeness (QED) is 0.769. The Hall–Kier alpha value is -1.13. The Kier molecular flexibility index (Phi) is 6.68. The molecule has 102 valence electrons. The van der Waals surface area contributed by atoms with Crippen LogP contribution < -0.4 is 10.2 Å². The minimum atomic E-state index is 0.318. The van der Waals surface area contributed by atoms with Crippen molar-refractivity contribution < 1.29 is 4.74 Å². The topological polar surface area (TPSA) is 37.4 Å². The maximum Gasteiger partial charge on any atom is 0.133 e. The molecule has 1 aromatic rings. The van der Waals surface area contributed by atoms with Crippen LogP contribution in [0.5, 0.6) is 0 Å². The van der Waals surface area contributed by atoms with E-state index in [1.165, 1.54) is 5.56 Å². The van der Waals surface area contributed by atoms with Crippen molar-refractivity contribution in [2.45, 2.75) is 26.3 Å². The van der Waals surface area contributed by atoms with Gasteiger partial charge in [-0.15, -0.1) is 0 Å². The number of aromatic nitrogens is 1. The van der Waals surface area contributed by atoms with Gasteiger partial charge in [0.05, 0.1) is 6.61 Å². The second kappa shape index (κ2) is 8.06. The van der Waals surface area contributed by atoms with Crippen LogP contribution in [0.2, 0.25) is 0 Å². The molecular weight excluding hydrogens is 226 g/mol. The number of ether oxygens (including phenoxy) is 1. The number of nitrogens with zero attached hydrogens (tertiary/aromatic N) is 2. The molecule has 1 rings (SSSR count). The van der Waals surface area contributed by atoms with E-state index in [0.717, 1.165) is 25.3 Å². The lowest BCUT2D eigenvalue weighted by Crippen LogP contribution is -2.27. The Morgan fingerprint density at radius 2 is 2.28 bits per heavy atom. The van der Waals surface area contributed by atoms with Crippen LogP contribution in [0.3, 0.4) is 0 Å². The van der Waals surface area contributed by atoms with Crippen molar-refractivity contribution in [1.29, 1.82) is 0 Å². The zero-order valence-electron chi connectivity index (χ0n) is 11.9. The number of likely N-dealkylation sites (N-methyl/N-ethyl adjacent to an activating group) is 1. The molecule has 0 fully saturated rings. The van der Waals surface area contributed by atoms with Crippen molar-refractivity contribution in [2.24, 2.45) is 0 Å². The van der Waals surface area contributed by atoms with Crippen molar-refractivity contribution in [3.8, 4) is 0 Å². The molecule has 0 saturated heterocycles. The van der Waals surface area contributed by atoms with Gasteiger partial charge in [0.2, 0.25) is 0 Å². The highest BCUT2D eigenvalue weighted by molar-refractivity contribution is 5.47. The van der Waals surface area contributed by atoms with Crippen LogP contribution in [0.25, 0.3) is 0 Å². The summed E-state index contributed by atoms with van der Waals surface area (Å²) in [5.41, 5.74) is 1.24. The third-order valence-electron chi connectivity index (χ3n) is 2.98. The van der Waals surface area contributed by atoms with Crippen molar-refractivity contribution >= 4 is 5.82 Å². The Balaban J connectivity index is 2.77. The SMILES string of the molecule is CCCNC(C)c1cccnc1N(C)CCOC. The highest BCUT2D eigenvalue weighted by Gasteiger charge is 2.13. The van der Waals surface area contributed by atoms with Crippen LogP contribution in [0, 0.1) is 0 Å². The number of methoxy groups -OCH3 is 1. The molecule has 4 heteroatoms. The first-order chi connectivity index (χ1) is 8.70. The molecule has 0 aliphatic carbocycles. The third-order valence-corrected chi connectivity index (χ3v) is 2.98. The number of hydrogen-bond acceptors (Lipinski definition) is 4. The van der Waals surface area contributed by atoms with E-state index in [2.05, 4.69) is 42.2 Å². The van der Waals surface area contributed by atoms with Gasteiger partial charge in [0.25, 0.3) is 0 Å². The molecule has 1 unspecified atom stereocenters. The second-order valence-electron chi connectivity index (χ2n) is 4.51. The molecule has 0 spiro atoms. The highest BCUT2D eigenvalue weighted by atomic mass is 16.5. The van der Waals surface area contributed by atoms with E-state index >= 15 is 0 Å². The summed E-state index contributed by atoms with van der Waals surface area (Å²) in [5, 5.41) is 3.50. The molecule has 0 aromatic carbocycles. The fourth-order valence-corrected chi connectivity index (χ4v) is 1.87. The van der Waals surface area contributed by atoms with Gasteiger partial charge in [0.15, 0.2) is 0 Å². The average molecular weight is 251 g/mol. The van der Waals surface area contributed by atoms with E-state index in [-0.39, 0.29) is 0 Å². The zero-order chi connectivity index (χ0) is 13.4. The Morgan fingerprint density at radius 3 is 2.94 bits per heavy atom. The lowest BCUT2D eigenvalue weighted by Gasteiger charge is -2.24. The van der Waals surface area contributed by atoms with Gasteiger partial charge < -0.3 is 15.0 Å². The summed E-state index contributed by atoms with van der Waals surface area (Å²) in [6.45, 7) is 6.94. The molecule has 0 aliphatic heterocycles. The summed E-state index contributed by atoms with van der Waals surface area (Å²) in [7, 11) is 3.77. The monoisotopic (exact) mass is 251 g/mol. The Labute approximate surface area is 110 Å². The summed E-state index contributed by atoms with van der Waals surface area (Å²) in [5.74, 6) is 1.03. The highest BCUT2D eigenvalue weighted by Crippen LogP contribution is 2.22. The maximum atomic E-state index is 5.11. The predicted octanol–water partition coefficient (Wildman–Crippen LogP) is 2.22. The largest absolute Gasteiger partial charge is 0.383 e. The van der Waals surface area contributed by atoms with Gasteiger partial charge >= 0.3 is 0 Å². The second-order valence-corrected chi connectivity index (χ2v) is 4.51. The summed E-state index contributed by atoms with van der Waals surface area (Å²) in [4.78, 5) is 6.63. The van der Waals surface area contributed by atoms with Crippen LogP contribution in [-0.2, 0) is 4.74 Å². The van der Waals surface area contributed by atoms with Crippen LogP contribution in [0.15, 0.2) is 18.3 Å². The van der Waals surface area contributed by atoms with Crippen molar-refractivity contribution in [3.05, 3.63) is 23.9 Å². The standard InChI is InChI=1S/C14H25N3O/c1-5-8-15-12(2)13-7-6-9-16-14(13)17(3)10-11-18-4/h6-7,9,12,15H,5,8,10-11H2,1-4H3. The summed E-state index contributed by atoms with van der Waals surface area (Å²) in [6, 6.07) is 4.45. The molecule has 4 nitrogen and oxygen atoms in total. The van der Waals surface area contributed by atoms with Crippen LogP contribution in [0.1, 0.15) is 31.9 Å². The molecule has 1 atom stereocenters. The molecule has 0 radical (unpaired) electrons. The van der Waals surface area contributed by atoms with Crippen molar-refractivity contribution in [3.63, 3.8) is 0 Å². The van der Waals surface area contributed by atoms with Gasteiger partial charge in [-0.05, 0) is 26.0 Å². The lowest BCUT2D eigenvalue weighted by atomic mass is 10.1. The fourth-order valence-electron chi connectivity index (χ4n) is 1.87. The fraction of sp³-hybridized carbons (Fsp3) is 0.643. The van der Waals surface area contributed by atoms with Gasteiger partial charge in [-0.1, -0.05) is 13.0 Å². The molecule has 0 aliphatic rings. The van der Waals surface area contributed by atoms with Gasteiger partial charge in [0.1, 0.15) is 5.82 Å². The minimum absolute atomic E-state index is 0.318. The number of nitrogens with one attached hydrogen (secondary N) is 1. The minimum Gasteiger partial charge on any atom is -0.383 e. The van der Waals surface area contributed by atoms with Crippen molar-refractivity contribution in [2.75, 3.05) is 38.8 Å². The molecule has 1 aromatic heterocycles. The maximum absolute atomic E-state index is 5.11. The molecule has 18 heavy (non-hydrogen) atoms. The smallest absolute Gasteiger partial charge is 0.133 e. The van der Waals surface area contributed by atoms with Crippen LogP contribution in [0.4, 0.5) is 5.82 Å². The Bertz CT molecular complexity index is 311. The van der Waals surface area contributed by atoms with Gasteiger partial charge in [-0.3, -0.25) is 0 Å². The summed E-state index contributed by atoms with van der Waals surface area (Å²) in [6.07, 6.45) is 2.98. The lowest BCUT2D eigenvalue weighted by molar-refractivity contribution is 0.206. The van der Waals surface area contributed by atoms with Crippen LogP contribution in [-0.4, -0.2) is 38.8 Å². The van der Waals surface area contributed by atoms with Crippen molar-refractivity contribution in [1.82, 2.24) is 10.3 Å². The first-order valence-corrected chi connectivity index (χ1v) is 6.59. The predicted molar refractivity (Wildman–Crippen MR) is 76.1 cm³/mol. The first kappa shape index (κ1) is 14.9. The molecule has 0 bridgehead atoms. The molecule has 0 amide bonds. The number of anilines is 1. The molecule has 0 saturated carbocycles. The number of rotatable bonds is 8. The van der Waals surface area contributed by atoms with E-state index in [1.807, 2.05) is 12.3 Å². The van der Waals surface area contributed by atoms with Crippen LogP contribution >= 0.6 is 0 Å². The molecular formula is C14H25N3O. The van der Waals surface area contributed by atoms with Gasteiger partial charge in [-0.2, -0.15) is 0 Å². The average Bonchev–Trinajstić information content (AvgIpc) is 2.42. The molecule has 1 N–H and O–H groups in total. The first-order valence-electron chi connectivity index (χ1n) is 6.59. The van der Waals surface area contributed by atoms with E-state index in [9.17, 15) is 0 Å². The Morgan fingerprint density at radius 1 is 1.50 bits per heavy atom. The summed E-state index contributed by atoms with van der Waals surface area (Å²) < 4.78 is 5.11. The summed E-state index contributed by atoms with van der Waals surface area (Å²) >= 11 is 0. The van der Waals surface area contributed by atoms with E-state index < -0.39 is 0 Å². The van der Waals surface area contributed by atoms with E-state index in [4.69, 9.17) is 4.74 Å². The number of pyridine rings is 1. The molecule has 1 heterocycles.